The largest absolute Gasteiger partial charge is 0.481 e. The van der Waals surface area contributed by atoms with Gasteiger partial charge in [-0.2, -0.15) is 5.10 Å². The molecule has 2 rings (SSSR count). The first-order chi connectivity index (χ1) is 10.3. The summed E-state index contributed by atoms with van der Waals surface area (Å²) in [5.74, 6) is 3.16. The summed E-state index contributed by atoms with van der Waals surface area (Å²) in [5, 5.41) is 4.90. The molecule has 2 aromatic rings. The molecule has 0 unspecified atom stereocenters. The summed E-state index contributed by atoms with van der Waals surface area (Å²) in [6.07, 6.45) is 6.88. The minimum absolute atomic E-state index is 0.255. The van der Waals surface area contributed by atoms with Gasteiger partial charge >= 0.3 is 0 Å². The zero-order valence-corrected chi connectivity index (χ0v) is 12.2. The second-order valence-corrected chi connectivity index (χ2v) is 4.66. The number of ether oxygens (including phenoxy) is 1. The van der Waals surface area contributed by atoms with Crippen LogP contribution >= 0.6 is 11.6 Å². The maximum absolute atomic E-state index is 6.06. The minimum atomic E-state index is 0.255. The molecule has 0 saturated carbocycles. The quantitative estimate of drug-likeness (QED) is 0.503. The monoisotopic (exact) mass is 298 g/mol. The molecule has 1 N–H and O–H groups in total. The molecule has 106 valence electrons. The number of rotatable bonds is 6. The van der Waals surface area contributed by atoms with E-state index in [0.717, 1.165) is 21.9 Å². The van der Waals surface area contributed by atoms with Crippen LogP contribution in [0.3, 0.4) is 0 Å². The highest BCUT2D eigenvalue weighted by Crippen LogP contribution is 2.14. The van der Waals surface area contributed by atoms with Gasteiger partial charge in [-0.1, -0.05) is 47.9 Å². The first-order valence-electron chi connectivity index (χ1n) is 6.45. The number of hydrogen-bond acceptors (Lipinski definition) is 3. The van der Waals surface area contributed by atoms with Crippen molar-refractivity contribution in [1.82, 2.24) is 5.43 Å². The summed E-state index contributed by atoms with van der Waals surface area (Å²) in [4.78, 5) is 0. The number of halogens is 1. The van der Waals surface area contributed by atoms with Crippen molar-refractivity contribution in [3.63, 3.8) is 0 Å². The Morgan fingerprint density at radius 1 is 1.24 bits per heavy atom. The third kappa shape index (κ3) is 4.87. The van der Waals surface area contributed by atoms with E-state index in [1.165, 1.54) is 0 Å². The Morgan fingerprint density at radius 3 is 2.90 bits per heavy atom. The van der Waals surface area contributed by atoms with Crippen LogP contribution in [-0.2, 0) is 6.54 Å². The van der Waals surface area contributed by atoms with Gasteiger partial charge in [-0.15, -0.1) is 6.42 Å². The lowest BCUT2D eigenvalue weighted by Crippen LogP contribution is -2.06. The lowest BCUT2D eigenvalue weighted by atomic mass is 10.2. The summed E-state index contributed by atoms with van der Waals surface area (Å²) in [6.45, 7) is 0.828. The molecule has 0 atom stereocenters. The first-order valence-corrected chi connectivity index (χ1v) is 6.83. The molecule has 0 amide bonds. The lowest BCUT2D eigenvalue weighted by Gasteiger charge is -2.04. The molecule has 0 aliphatic carbocycles. The molecule has 0 heterocycles. The van der Waals surface area contributed by atoms with E-state index in [1.807, 2.05) is 48.5 Å². The van der Waals surface area contributed by atoms with Crippen LogP contribution in [-0.4, -0.2) is 12.8 Å². The van der Waals surface area contributed by atoms with Crippen molar-refractivity contribution in [1.29, 1.82) is 0 Å². The predicted molar refractivity (Wildman–Crippen MR) is 86.7 cm³/mol. The molecular weight excluding hydrogens is 284 g/mol. The van der Waals surface area contributed by atoms with E-state index in [4.69, 9.17) is 22.8 Å². The van der Waals surface area contributed by atoms with Gasteiger partial charge in [0.25, 0.3) is 0 Å². The van der Waals surface area contributed by atoms with E-state index in [1.54, 1.807) is 6.21 Å². The highest BCUT2D eigenvalue weighted by Gasteiger charge is 1.97. The van der Waals surface area contributed by atoms with Crippen LogP contribution in [0.5, 0.6) is 5.75 Å². The Bertz CT molecular complexity index is 662. The Balaban J connectivity index is 1.90. The summed E-state index contributed by atoms with van der Waals surface area (Å²) in [7, 11) is 0. The van der Waals surface area contributed by atoms with Crippen molar-refractivity contribution >= 4 is 17.8 Å². The Kier molecular flexibility index (Phi) is 5.69. The summed E-state index contributed by atoms with van der Waals surface area (Å²) in [5.41, 5.74) is 4.89. The number of hydrazone groups is 1. The average Bonchev–Trinajstić information content (AvgIpc) is 2.51. The zero-order chi connectivity index (χ0) is 14.9. The Morgan fingerprint density at radius 2 is 2.10 bits per heavy atom. The van der Waals surface area contributed by atoms with Gasteiger partial charge in [-0.05, 0) is 29.3 Å². The molecule has 0 radical (unpaired) electrons. The van der Waals surface area contributed by atoms with Gasteiger partial charge in [0, 0.05) is 5.02 Å². The van der Waals surface area contributed by atoms with Gasteiger partial charge in [0.2, 0.25) is 0 Å². The molecule has 2 aromatic carbocycles. The van der Waals surface area contributed by atoms with Crippen molar-refractivity contribution in [3.8, 4) is 18.1 Å². The van der Waals surface area contributed by atoms with Crippen LogP contribution in [0.25, 0.3) is 0 Å². The number of nitrogens with one attached hydrogen (secondary N) is 1. The zero-order valence-electron chi connectivity index (χ0n) is 11.4. The second-order valence-electron chi connectivity index (χ2n) is 4.25. The van der Waals surface area contributed by atoms with Crippen LogP contribution in [0, 0.1) is 12.3 Å². The van der Waals surface area contributed by atoms with E-state index in [-0.39, 0.29) is 6.61 Å². The van der Waals surface area contributed by atoms with E-state index >= 15 is 0 Å². The molecule has 4 heteroatoms. The van der Waals surface area contributed by atoms with Crippen LogP contribution < -0.4 is 10.2 Å². The smallest absolute Gasteiger partial charge is 0.148 e. The van der Waals surface area contributed by atoms with Gasteiger partial charge in [-0.3, -0.25) is 0 Å². The van der Waals surface area contributed by atoms with Crippen LogP contribution in [0.2, 0.25) is 5.02 Å². The fourth-order valence-electron chi connectivity index (χ4n) is 1.70. The molecule has 21 heavy (non-hydrogen) atoms. The second kappa shape index (κ2) is 7.98. The molecule has 3 nitrogen and oxygen atoms in total. The SMILES string of the molecule is C#CCOc1cccc(/C=N\NCc2ccccc2Cl)c1. The van der Waals surface area contributed by atoms with E-state index in [0.29, 0.717) is 6.54 Å². The van der Waals surface area contributed by atoms with Gasteiger partial charge in [0.05, 0.1) is 12.8 Å². The number of terminal acetylenes is 1. The minimum Gasteiger partial charge on any atom is -0.481 e. The number of hydrogen-bond donors (Lipinski definition) is 1. The van der Waals surface area contributed by atoms with E-state index in [9.17, 15) is 0 Å². The van der Waals surface area contributed by atoms with Crippen molar-refractivity contribution in [2.75, 3.05) is 6.61 Å². The van der Waals surface area contributed by atoms with Gasteiger partial charge in [0.1, 0.15) is 12.4 Å². The van der Waals surface area contributed by atoms with Crippen molar-refractivity contribution in [2.24, 2.45) is 5.10 Å². The summed E-state index contributed by atoms with van der Waals surface area (Å²) >= 11 is 6.06. The Hall–Kier alpha value is -2.44. The fourth-order valence-corrected chi connectivity index (χ4v) is 1.90. The summed E-state index contributed by atoms with van der Waals surface area (Å²) < 4.78 is 5.35. The third-order valence-electron chi connectivity index (χ3n) is 2.71. The van der Waals surface area contributed by atoms with Gasteiger partial charge in [-0.25, -0.2) is 0 Å². The Labute approximate surface area is 129 Å². The van der Waals surface area contributed by atoms with E-state index in [2.05, 4.69) is 16.4 Å². The average molecular weight is 299 g/mol. The fraction of sp³-hybridized carbons (Fsp3) is 0.118. The highest BCUT2D eigenvalue weighted by atomic mass is 35.5. The topological polar surface area (TPSA) is 33.6 Å². The van der Waals surface area contributed by atoms with Crippen LogP contribution in [0.15, 0.2) is 53.6 Å². The van der Waals surface area contributed by atoms with Crippen molar-refractivity contribution in [3.05, 3.63) is 64.7 Å². The summed E-state index contributed by atoms with van der Waals surface area (Å²) in [6, 6.07) is 15.2. The highest BCUT2D eigenvalue weighted by molar-refractivity contribution is 6.31. The molecular formula is C17H15ClN2O. The third-order valence-corrected chi connectivity index (χ3v) is 3.08. The molecule has 0 aliphatic heterocycles. The molecule has 0 fully saturated rings. The lowest BCUT2D eigenvalue weighted by molar-refractivity contribution is 0.370. The molecule has 0 saturated heterocycles. The molecule has 0 bridgehead atoms. The van der Waals surface area contributed by atoms with Crippen LogP contribution in [0.4, 0.5) is 0 Å². The number of benzene rings is 2. The van der Waals surface area contributed by atoms with Crippen molar-refractivity contribution in [2.45, 2.75) is 6.54 Å². The normalized spacial score (nSPS) is 10.3. The van der Waals surface area contributed by atoms with Gasteiger partial charge in [0.15, 0.2) is 0 Å². The van der Waals surface area contributed by atoms with Crippen LogP contribution in [0.1, 0.15) is 11.1 Å². The standard InChI is InChI=1S/C17H15ClN2O/c1-2-10-21-16-8-5-6-14(11-16)12-19-20-13-15-7-3-4-9-17(15)18/h1,3-9,11-12,20H,10,13H2/b19-12-. The molecule has 0 aliphatic rings. The predicted octanol–water partition coefficient (Wildman–Crippen LogP) is 3.48. The molecule has 0 aromatic heterocycles. The van der Waals surface area contributed by atoms with E-state index < -0.39 is 0 Å². The maximum Gasteiger partial charge on any atom is 0.148 e. The first kappa shape index (κ1) is 15.0. The van der Waals surface area contributed by atoms with Gasteiger partial charge < -0.3 is 10.2 Å². The van der Waals surface area contributed by atoms with Crippen molar-refractivity contribution < 1.29 is 4.74 Å². The maximum atomic E-state index is 6.06. The molecule has 0 spiro atoms. The number of nitrogens with zero attached hydrogens (tertiary/aromatic N) is 1.